The number of carbonyl (C=O) groups is 1. The van der Waals surface area contributed by atoms with Gasteiger partial charge in [0.15, 0.2) is 0 Å². The van der Waals surface area contributed by atoms with Crippen molar-refractivity contribution in [1.29, 1.82) is 0 Å². The standard InChI is InChI=1S/C13H9BrClFN2O/c14-9-6-5-8(16)7-12(9)18-13(19)17-11-4-2-1-3-10(11)15/h1-7H,(H2,17,18,19). The minimum absolute atomic E-state index is 0.338. The summed E-state index contributed by atoms with van der Waals surface area (Å²) in [6.07, 6.45) is 0. The van der Waals surface area contributed by atoms with Gasteiger partial charge >= 0.3 is 6.03 Å². The Morgan fingerprint density at radius 3 is 2.53 bits per heavy atom. The third-order valence-electron chi connectivity index (χ3n) is 2.30. The minimum atomic E-state index is -0.501. The normalized spacial score (nSPS) is 10.1. The molecule has 2 amide bonds. The molecule has 0 radical (unpaired) electrons. The van der Waals surface area contributed by atoms with Crippen LogP contribution in [0.4, 0.5) is 20.6 Å². The van der Waals surface area contributed by atoms with E-state index in [0.29, 0.717) is 20.9 Å². The zero-order chi connectivity index (χ0) is 13.8. The van der Waals surface area contributed by atoms with Gasteiger partial charge in [0.05, 0.1) is 16.4 Å². The van der Waals surface area contributed by atoms with Gasteiger partial charge in [0.25, 0.3) is 0 Å². The molecule has 0 spiro atoms. The quantitative estimate of drug-likeness (QED) is 0.801. The van der Waals surface area contributed by atoms with Crippen molar-refractivity contribution < 1.29 is 9.18 Å². The van der Waals surface area contributed by atoms with Crippen LogP contribution < -0.4 is 10.6 Å². The zero-order valence-corrected chi connectivity index (χ0v) is 11.9. The number of nitrogens with one attached hydrogen (secondary N) is 2. The van der Waals surface area contributed by atoms with Gasteiger partial charge in [-0.1, -0.05) is 23.7 Å². The van der Waals surface area contributed by atoms with E-state index in [9.17, 15) is 9.18 Å². The second-order valence-electron chi connectivity index (χ2n) is 3.68. The molecule has 0 heterocycles. The van der Waals surface area contributed by atoms with E-state index in [4.69, 9.17) is 11.6 Å². The highest BCUT2D eigenvalue weighted by atomic mass is 79.9. The Morgan fingerprint density at radius 2 is 1.79 bits per heavy atom. The summed E-state index contributed by atoms with van der Waals surface area (Å²) in [6.45, 7) is 0. The number of rotatable bonds is 2. The molecule has 0 bridgehead atoms. The number of para-hydroxylation sites is 1. The van der Waals surface area contributed by atoms with Gasteiger partial charge in [-0.05, 0) is 46.3 Å². The molecular weight excluding hydrogens is 335 g/mol. The molecule has 0 aliphatic rings. The average Bonchev–Trinajstić information content (AvgIpc) is 2.37. The number of anilines is 2. The van der Waals surface area contributed by atoms with Crippen LogP contribution in [-0.2, 0) is 0 Å². The summed E-state index contributed by atoms with van der Waals surface area (Å²) in [5.41, 5.74) is 0.818. The van der Waals surface area contributed by atoms with Crippen molar-refractivity contribution in [2.75, 3.05) is 10.6 Å². The highest BCUT2D eigenvalue weighted by Gasteiger charge is 2.08. The summed E-state index contributed by atoms with van der Waals surface area (Å²) in [4.78, 5) is 11.8. The van der Waals surface area contributed by atoms with E-state index in [1.807, 2.05) is 0 Å². The van der Waals surface area contributed by atoms with E-state index in [2.05, 4.69) is 26.6 Å². The molecule has 0 fully saturated rings. The van der Waals surface area contributed by atoms with E-state index >= 15 is 0 Å². The minimum Gasteiger partial charge on any atom is -0.307 e. The third kappa shape index (κ3) is 3.68. The first-order valence-corrected chi connectivity index (χ1v) is 6.51. The number of hydrogen-bond acceptors (Lipinski definition) is 1. The molecule has 0 aliphatic carbocycles. The van der Waals surface area contributed by atoms with Crippen molar-refractivity contribution >= 4 is 44.9 Å². The van der Waals surface area contributed by atoms with Crippen LogP contribution >= 0.6 is 27.5 Å². The number of halogens is 3. The Bertz CT molecular complexity index is 621. The van der Waals surface area contributed by atoms with E-state index in [0.717, 1.165) is 0 Å². The Hall–Kier alpha value is -1.59. The molecule has 0 saturated carbocycles. The fourth-order valence-electron chi connectivity index (χ4n) is 1.43. The SMILES string of the molecule is O=C(Nc1ccccc1Cl)Nc1cc(F)ccc1Br. The lowest BCUT2D eigenvalue weighted by Gasteiger charge is -2.10. The lowest BCUT2D eigenvalue weighted by atomic mass is 10.3. The van der Waals surface area contributed by atoms with Gasteiger partial charge < -0.3 is 10.6 Å². The first-order chi connectivity index (χ1) is 9.06. The summed E-state index contributed by atoms with van der Waals surface area (Å²) in [6, 6.07) is 10.4. The van der Waals surface area contributed by atoms with Gasteiger partial charge in [-0.3, -0.25) is 0 Å². The van der Waals surface area contributed by atoms with Crippen LogP contribution in [0.2, 0.25) is 5.02 Å². The lowest BCUT2D eigenvalue weighted by Crippen LogP contribution is -2.19. The smallest absolute Gasteiger partial charge is 0.307 e. The van der Waals surface area contributed by atoms with Crippen molar-refractivity contribution in [2.45, 2.75) is 0 Å². The number of carbonyl (C=O) groups excluding carboxylic acids is 1. The van der Waals surface area contributed by atoms with Crippen LogP contribution in [0.15, 0.2) is 46.9 Å². The maximum Gasteiger partial charge on any atom is 0.323 e. The molecule has 2 aromatic rings. The topological polar surface area (TPSA) is 41.1 Å². The molecule has 0 saturated heterocycles. The molecule has 19 heavy (non-hydrogen) atoms. The van der Waals surface area contributed by atoms with Gasteiger partial charge in [0.2, 0.25) is 0 Å². The van der Waals surface area contributed by atoms with Crippen LogP contribution in [0.5, 0.6) is 0 Å². The van der Waals surface area contributed by atoms with Crippen molar-refractivity contribution in [3.63, 3.8) is 0 Å². The number of amides is 2. The van der Waals surface area contributed by atoms with Crippen molar-refractivity contribution in [3.05, 3.63) is 57.8 Å². The molecule has 2 N–H and O–H groups in total. The summed E-state index contributed by atoms with van der Waals surface area (Å²) in [7, 11) is 0. The third-order valence-corrected chi connectivity index (χ3v) is 3.32. The number of benzene rings is 2. The fraction of sp³-hybridized carbons (Fsp3) is 0. The van der Waals surface area contributed by atoms with E-state index in [1.165, 1.54) is 18.2 Å². The largest absolute Gasteiger partial charge is 0.323 e. The van der Waals surface area contributed by atoms with Crippen LogP contribution in [0.1, 0.15) is 0 Å². The molecule has 0 aliphatic heterocycles. The molecule has 0 unspecified atom stereocenters. The molecule has 0 atom stereocenters. The van der Waals surface area contributed by atoms with Crippen molar-refractivity contribution in [2.24, 2.45) is 0 Å². The van der Waals surface area contributed by atoms with Gasteiger partial charge in [-0.15, -0.1) is 0 Å². The summed E-state index contributed by atoms with van der Waals surface area (Å²) < 4.78 is 13.7. The molecule has 2 rings (SSSR count). The predicted octanol–water partition coefficient (Wildman–Crippen LogP) is 4.89. The van der Waals surface area contributed by atoms with Gasteiger partial charge in [0.1, 0.15) is 5.82 Å². The van der Waals surface area contributed by atoms with Crippen LogP contribution in [0, 0.1) is 5.82 Å². The first kappa shape index (κ1) is 13.8. The molecule has 6 heteroatoms. The van der Waals surface area contributed by atoms with E-state index < -0.39 is 11.8 Å². The molecule has 2 aromatic carbocycles. The predicted molar refractivity (Wildman–Crippen MR) is 78.2 cm³/mol. The summed E-state index contributed by atoms with van der Waals surface area (Å²) in [5, 5.41) is 5.54. The second-order valence-corrected chi connectivity index (χ2v) is 4.94. The first-order valence-electron chi connectivity index (χ1n) is 5.34. The fourth-order valence-corrected chi connectivity index (χ4v) is 1.96. The summed E-state index contributed by atoms with van der Waals surface area (Å²) in [5.74, 6) is -0.434. The molecular formula is C13H9BrClFN2O. The monoisotopic (exact) mass is 342 g/mol. The number of urea groups is 1. The van der Waals surface area contributed by atoms with Crippen LogP contribution in [-0.4, -0.2) is 6.03 Å². The second kappa shape index (κ2) is 6.04. The van der Waals surface area contributed by atoms with Crippen LogP contribution in [0.25, 0.3) is 0 Å². The van der Waals surface area contributed by atoms with Gasteiger partial charge in [-0.2, -0.15) is 0 Å². The highest BCUT2D eigenvalue weighted by molar-refractivity contribution is 9.10. The lowest BCUT2D eigenvalue weighted by molar-refractivity contribution is 0.262. The Labute approximate surface area is 122 Å². The van der Waals surface area contributed by atoms with Gasteiger partial charge in [0, 0.05) is 4.47 Å². The van der Waals surface area contributed by atoms with Crippen molar-refractivity contribution in [3.8, 4) is 0 Å². The maximum absolute atomic E-state index is 13.1. The zero-order valence-electron chi connectivity index (χ0n) is 9.58. The average molecular weight is 344 g/mol. The Kier molecular flexibility index (Phi) is 4.39. The molecule has 0 aromatic heterocycles. The van der Waals surface area contributed by atoms with E-state index in [1.54, 1.807) is 24.3 Å². The number of hydrogen-bond donors (Lipinski definition) is 2. The molecule has 98 valence electrons. The van der Waals surface area contributed by atoms with E-state index in [-0.39, 0.29) is 0 Å². The summed E-state index contributed by atoms with van der Waals surface area (Å²) >= 11 is 9.14. The maximum atomic E-state index is 13.1. The Morgan fingerprint density at radius 1 is 1.11 bits per heavy atom. The highest BCUT2D eigenvalue weighted by Crippen LogP contribution is 2.24. The molecule has 3 nitrogen and oxygen atoms in total. The Balaban J connectivity index is 2.10. The van der Waals surface area contributed by atoms with Crippen molar-refractivity contribution in [1.82, 2.24) is 0 Å². The van der Waals surface area contributed by atoms with Crippen LogP contribution in [0.3, 0.4) is 0 Å². The van der Waals surface area contributed by atoms with Gasteiger partial charge in [-0.25, -0.2) is 9.18 Å².